The van der Waals surface area contributed by atoms with Crippen molar-refractivity contribution in [3.8, 4) is 16.5 Å². The number of nitrogens with zero attached hydrogens (tertiary/aromatic N) is 5. The fourth-order valence-corrected chi connectivity index (χ4v) is 6.31. The SMILES string of the molecule is CC(c1ccc(F)cc1)c1cnc(-c2nc3n(CC(=O)N4C[C@@H](C)O[C@@H](C)C4)ccn3c(=O)c2OCc2ccccc2)s1. The van der Waals surface area contributed by atoms with Gasteiger partial charge in [-0.05, 0) is 37.1 Å². The van der Waals surface area contributed by atoms with Crippen LogP contribution in [0.3, 0.4) is 0 Å². The Bertz CT molecular complexity index is 1790. The number of hydrogen-bond donors (Lipinski definition) is 0. The minimum absolute atomic E-state index is 0.0246. The quantitative estimate of drug-likeness (QED) is 0.245. The first kappa shape index (κ1) is 28.8. The van der Waals surface area contributed by atoms with E-state index in [2.05, 4.69) is 4.98 Å². The van der Waals surface area contributed by atoms with Crippen molar-refractivity contribution in [3.63, 3.8) is 0 Å². The minimum Gasteiger partial charge on any atom is -0.481 e. The Labute approximate surface area is 252 Å². The molecule has 1 aliphatic rings. The van der Waals surface area contributed by atoms with Crippen LogP contribution in [0.25, 0.3) is 16.5 Å². The zero-order valence-corrected chi connectivity index (χ0v) is 25.0. The number of carbonyl (C=O) groups excluding carboxylic acids is 1. The molecule has 6 rings (SSSR count). The number of benzene rings is 2. The summed E-state index contributed by atoms with van der Waals surface area (Å²) in [5.41, 5.74) is 1.77. The smallest absolute Gasteiger partial charge is 0.302 e. The fraction of sp³-hybridized carbons (Fsp3) is 0.312. The topological polar surface area (TPSA) is 91.0 Å². The van der Waals surface area contributed by atoms with Gasteiger partial charge in [-0.2, -0.15) is 0 Å². The molecule has 2 aromatic carbocycles. The summed E-state index contributed by atoms with van der Waals surface area (Å²) in [6, 6.07) is 16.0. The van der Waals surface area contributed by atoms with E-state index in [1.54, 1.807) is 40.2 Å². The van der Waals surface area contributed by atoms with E-state index in [-0.39, 0.29) is 54.3 Å². The first-order valence-electron chi connectivity index (χ1n) is 14.2. The van der Waals surface area contributed by atoms with Crippen molar-refractivity contribution in [1.29, 1.82) is 0 Å². The molecule has 9 nitrogen and oxygen atoms in total. The second-order valence-corrected chi connectivity index (χ2v) is 11.9. The van der Waals surface area contributed by atoms with Crippen LogP contribution in [0.4, 0.5) is 4.39 Å². The highest BCUT2D eigenvalue weighted by atomic mass is 32.1. The lowest BCUT2D eigenvalue weighted by Crippen LogP contribution is -2.49. The molecule has 1 fully saturated rings. The van der Waals surface area contributed by atoms with Crippen LogP contribution in [0.5, 0.6) is 5.75 Å². The Morgan fingerprint density at radius 2 is 1.81 bits per heavy atom. The molecule has 222 valence electrons. The molecule has 5 aromatic rings. The lowest BCUT2D eigenvalue weighted by Gasteiger charge is -2.35. The molecule has 0 radical (unpaired) electrons. The Hall–Kier alpha value is -4.35. The molecule has 1 aliphatic heterocycles. The third-order valence-electron chi connectivity index (χ3n) is 7.53. The number of amides is 1. The highest BCUT2D eigenvalue weighted by Crippen LogP contribution is 2.35. The highest BCUT2D eigenvalue weighted by Gasteiger charge is 2.27. The van der Waals surface area contributed by atoms with Crippen LogP contribution in [0.2, 0.25) is 0 Å². The van der Waals surface area contributed by atoms with Gasteiger partial charge in [-0.3, -0.25) is 9.59 Å². The summed E-state index contributed by atoms with van der Waals surface area (Å²) in [5, 5.41) is 0.515. The van der Waals surface area contributed by atoms with Crippen LogP contribution >= 0.6 is 11.3 Å². The number of thiazole rings is 1. The summed E-state index contributed by atoms with van der Waals surface area (Å²) >= 11 is 1.40. The number of hydrogen-bond acceptors (Lipinski definition) is 7. The molecular formula is C32H32FN5O4S. The molecule has 0 bridgehead atoms. The standard InChI is InChI=1S/C32H32FN5O4S/c1-20-16-37(17-21(2)42-20)27(39)18-36-13-14-38-31(40)29(41-19-23-7-5-4-6-8-23)28(35-32(36)38)30-34-15-26(43-30)22(3)24-9-11-25(33)12-10-24/h4-15,20-22H,16-19H2,1-3H3/t20-,21+,22?. The number of rotatable bonds is 8. The van der Waals surface area contributed by atoms with Crippen molar-refractivity contribution in [2.45, 2.75) is 52.0 Å². The molecule has 3 aromatic heterocycles. The Morgan fingerprint density at radius 3 is 2.53 bits per heavy atom. The minimum atomic E-state index is -0.390. The van der Waals surface area contributed by atoms with E-state index in [0.29, 0.717) is 29.6 Å². The van der Waals surface area contributed by atoms with Gasteiger partial charge in [0.2, 0.25) is 17.4 Å². The van der Waals surface area contributed by atoms with E-state index >= 15 is 0 Å². The predicted octanol–water partition coefficient (Wildman–Crippen LogP) is 5.13. The Kier molecular flexibility index (Phi) is 8.09. The van der Waals surface area contributed by atoms with Crippen molar-refractivity contribution in [3.05, 3.63) is 105 Å². The maximum Gasteiger partial charge on any atom is 0.302 e. The third-order valence-corrected chi connectivity index (χ3v) is 8.72. The number of morpholine rings is 1. The van der Waals surface area contributed by atoms with Crippen LogP contribution in [0.1, 0.15) is 42.7 Å². The molecule has 1 amide bonds. The average molecular weight is 602 g/mol. The molecule has 0 saturated carbocycles. The van der Waals surface area contributed by atoms with Gasteiger partial charge >= 0.3 is 5.56 Å². The van der Waals surface area contributed by atoms with Crippen LogP contribution in [0.15, 0.2) is 78.0 Å². The first-order valence-corrected chi connectivity index (χ1v) is 15.0. The van der Waals surface area contributed by atoms with E-state index in [1.807, 2.05) is 51.1 Å². The van der Waals surface area contributed by atoms with E-state index in [9.17, 15) is 14.0 Å². The molecule has 0 N–H and O–H groups in total. The number of ether oxygens (including phenoxy) is 2. The molecule has 3 atom stereocenters. The maximum absolute atomic E-state index is 13.8. The van der Waals surface area contributed by atoms with Gasteiger partial charge in [-0.15, -0.1) is 11.3 Å². The van der Waals surface area contributed by atoms with Gasteiger partial charge in [0.15, 0.2) is 5.69 Å². The zero-order valence-electron chi connectivity index (χ0n) is 24.1. The van der Waals surface area contributed by atoms with Crippen LogP contribution in [-0.4, -0.2) is 55.0 Å². The molecule has 1 unspecified atom stereocenters. The fourth-order valence-electron chi connectivity index (χ4n) is 5.32. The predicted molar refractivity (Wildman–Crippen MR) is 162 cm³/mol. The molecular weight excluding hydrogens is 569 g/mol. The number of fused-ring (bicyclic) bond motifs is 1. The highest BCUT2D eigenvalue weighted by molar-refractivity contribution is 7.15. The van der Waals surface area contributed by atoms with Crippen molar-refractivity contribution >= 4 is 23.0 Å². The largest absolute Gasteiger partial charge is 0.481 e. The Balaban J connectivity index is 1.37. The van der Waals surface area contributed by atoms with Crippen LogP contribution in [0, 0.1) is 5.82 Å². The van der Waals surface area contributed by atoms with Gasteiger partial charge in [0.1, 0.15) is 24.0 Å². The summed E-state index contributed by atoms with van der Waals surface area (Å²) in [7, 11) is 0. The molecule has 1 saturated heterocycles. The number of imidazole rings is 1. The summed E-state index contributed by atoms with van der Waals surface area (Å²) in [6.45, 7) is 7.13. The molecule has 4 heterocycles. The maximum atomic E-state index is 13.8. The summed E-state index contributed by atoms with van der Waals surface area (Å²) in [6.07, 6.45) is 4.93. The summed E-state index contributed by atoms with van der Waals surface area (Å²) < 4.78 is 28.5. The van der Waals surface area contributed by atoms with Crippen LogP contribution in [-0.2, 0) is 22.7 Å². The van der Waals surface area contributed by atoms with Gasteiger partial charge < -0.3 is 18.9 Å². The molecule has 0 aliphatic carbocycles. The first-order chi connectivity index (χ1) is 20.8. The second-order valence-electron chi connectivity index (χ2n) is 10.9. The molecule has 43 heavy (non-hydrogen) atoms. The normalized spacial score (nSPS) is 17.7. The van der Waals surface area contributed by atoms with Crippen molar-refractivity contribution in [2.75, 3.05) is 13.1 Å². The van der Waals surface area contributed by atoms with E-state index < -0.39 is 0 Å². The van der Waals surface area contributed by atoms with Crippen molar-refractivity contribution < 1.29 is 18.7 Å². The lowest BCUT2D eigenvalue weighted by atomic mass is 10.0. The number of halogens is 1. The number of carbonyl (C=O) groups is 1. The monoisotopic (exact) mass is 601 g/mol. The van der Waals surface area contributed by atoms with Crippen molar-refractivity contribution in [2.24, 2.45) is 0 Å². The van der Waals surface area contributed by atoms with Gasteiger partial charge in [0.25, 0.3) is 0 Å². The summed E-state index contributed by atoms with van der Waals surface area (Å²) in [5.74, 6) is -0.0249. The van der Waals surface area contributed by atoms with E-state index in [1.165, 1.54) is 27.9 Å². The lowest BCUT2D eigenvalue weighted by molar-refractivity contribution is -0.143. The number of aromatic nitrogens is 4. The zero-order chi connectivity index (χ0) is 30.1. The average Bonchev–Trinajstić information content (AvgIpc) is 3.65. The van der Waals surface area contributed by atoms with Gasteiger partial charge in [-0.1, -0.05) is 49.4 Å². The van der Waals surface area contributed by atoms with E-state index in [0.717, 1.165) is 16.0 Å². The third kappa shape index (κ3) is 6.09. The second kappa shape index (κ2) is 12.1. The van der Waals surface area contributed by atoms with Gasteiger partial charge in [0.05, 0.1) is 12.2 Å². The molecule has 11 heteroatoms. The van der Waals surface area contributed by atoms with Crippen LogP contribution < -0.4 is 10.3 Å². The van der Waals surface area contributed by atoms with E-state index in [4.69, 9.17) is 14.5 Å². The van der Waals surface area contributed by atoms with Crippen molar-refractivity contribution in [1.82, 2.24) is 23.8 Å². The Morgan fingerprint density at radius 1 is 1.09 bits per heavy atom. The van der Waals surface area contributed by atoms with Gasteiger partial charge in [-0.25, -0.2) is 18.8 Å². The molecule has 0 spiro atoms. The van der Waals surface area contributed by atoms with Gasteiger partial charge in [0, 0.05) is 42.5 Å². The summed E-state index contributed by atoms with van der Waals surface area (Å²) in [4.78, 5) is 39.3.